The van der Waals surface area contributed by atoms with Crippen LogP contribution in [-0.4, -0.2) is 9.97 Å². The van der Waals surface area contributed by atoms with Gasteiger partial charge in [-0.3, -0.25) is 0 Å². The highest BCUT2D eigenvalue weighted by Gasteiger charge is 2.05. The summed E-state index contributed by atoms with van der Waals surface area (Å²) in [7, 11) is 0. The third-order valence-electron chi connectivity index (χ3n) is 3.25. The maximum atomic E-state index is 12.7. The maximum Gasteiger partial charge on any atom is 0.263 e. The summed E-state index contributed by atoms with van der Waals surface area (Å²) in [4.78, 5) is 7.98. The van der Waals surface area contributed by atoms with E-state index >= 15 is 0 Å². The minimum absolute atomic E-state index is 0.0213. The molecule has 0 saturated heterocycles. The van der Waals surface area contributed by atoms with Crippen LogP contribution in [0, 0.1) is 11.8 Å². The van der Waals surface area contributed by atoms with E-state index in [2.05, 4.69) is 21.8 Å². The van der Waals surface area contributed by atoms with E-state index in [4.69, 9.17) is 0 Å². The minimum atomic E-state index is -2.49. The molecule has 0 atom stereocenters. The number of nitrogens with zero attached hydrogens (tertiary/aromatic N) is 2. The molecular formula is C19H12F2N2. The van der Waals surface area contributed by atoms with Crippen molar-refractivity contribution in [1.82, 2.24) is 9.97 Å². The van der Waals surface area contributed by atoms with Gasteiger partial charge in [-0.25, -0.2) is 18.7 Å². The SMILES string of the molecule is FC(F)c1cccc(C#Cc2cccc(-c3cncnc3)c2)c1. The Morgan fingerprint density at radius 3 is 2.13 bits per heavy atom. The number of benzene rings is 2. The normalized spacial score (nSPS) is 10.2. The van der Waals surface area contributed by atoms with Crippen molar-refractivity contribution >= 4 is 0 Å². The highest BCUT2D eigenvalue weighted by atomic mass is 19.3. The first kappa shape index (κ1) is 14.9. The van der Waals surface area contributed by atoms with Crippen LogP contribution in [0.25, 0.3) is 11.1 Å². The molecule has 3 rings (SSSR count). The number of aromatic nitrogens is 2. The summed E-state index contributed by atoms with van der Waals surface area (Å²) >= 11 is 0. The Hall–Kier alpha value is -3.06. The summed E-state index contributed by atoms with van der Waals surface area (Å²) < 4.78 is 25.4. The van der Waals surface area contributed by atoms with Gasteiger partial charge >= 0.3 is 0 Å². The van der Waals surface area contributed by atoms with Gasteiger partial charge in [0.05, 0.1) is 0 Å². The van der Waals surface area contributed by atoms with Crippen LogP contribution in [0.2, 0.25) is 0 Å². The Balaban J connectivity index is 1.89. The highest BCUT2D eigenvalue weighted by molar-refractivity contribution is 5.63. The molecule has 1 heterocycles. The van der Waals surface area contributed by atoms with Crippen molar-refractivity contribution in [1.29, 1.82) is 0 Å². The lowest BCUT2D eigenvalue weighted by molar-refractivity contribution is 0.151. The third kappa shape index (κ3) is 3.78. The van der Waals surface area contributed by atoms with Crippen LogP contribution in [0.5, 0.6) is 0 Å². The zero-order valence-electron chi connectivity index (χ0n) is 12.1. The molecule has 0 spiro atoms. The fraction of sp³-hybridized carbons (Fsp3) is 0.0526. The Bertz CT molecular complexity index is 865. The van der Waals surface area contributed by atoms with Gasteiger partial charge in [-0.05, 0) is 29.8 Å². The molecule has 0 aliphatic carbocycles. The molecule has 0 aliphatic heterocycles. The van der Waals surface area contributed by atoms with Gasteiger partial charge in [0.2, 0.25) is 0 Å². The van der Waals surface area contributed by atoms with Gasteiger partial charge in [0.25, 0.3) is 6.43 Å². The van der Waals surface area contributed by atoms with Gasteiger partial charge in [-0.15, -0.1) is 0 Å². The Morgan fingerprint density at radius 2 is 1.43 bits per heavy atom. The van der Waals surface area contributed by atoms with E-state index < -0.39 is 6.43 Å². The third-order valence-corrected chi connectivity index (χ3v) is 3.25. The van der Waals surface area contributed by atoms with Crippen LogP contribution in [-0.2, 0) is 0 Å². The van der Waals surface area contributed by atoms with Crippen LogP contribution in [0.15, 0.2) is 67.3 Å². The number of rotatable bonds is 2. The largest absolute Gasteiger partial charge is 0.263 e. The van der Waals surface area contributed by atoms with Crippen molar-refractivity contribution < 1.29 is 8.78 Å². The average molecular weight is 306 g/mol. The fourth-order valence-corrected chi connectivity index (χ4v) is 2.12. The van der Waals surface area contributed by atoms with Gasteiger partial charge in [-0.1, -0.05) is 36.1 Å². The molecule has 0 N–H and O–H groups in total. The van der Waals surface area contributed by atoms with E-state index in [0.717, 1.165) is 16.7 Å². The first-order valence-electron chi connectivity index (χ1n) is 6.98. The van der Waals surface area contributed by atoms with Crippen molar-refractivity contribution in [2.45, 2.75) is 6.43 Å². The number of alkyl halides is 2. The van der Waals surface area contributed by atoms with E-state index in [1.165, 1.54) is 18.5 Å². The molecule has 23 heavy (non-hydrogen) atoms. The van der Waals surface area contributed by atoms with Crippen molar-refractivity contribution in [3.05, 3.63) is 83.9 Å². The van der Waals surface area contributed by atoms with Crippen molar-refractivity contribution in [3.8, 4) is 23.0 Å². The van der Waals surface area contributed by atoms with Gasteiger partial charge in [0.15, 0.2) is 0 Å². The molecule has 0 fully saturated rings. The molecular weight excluding hydrogens is 294 g/mol. The average Bonchev–Trinajstić information content (AvgIpc) is 2.61. The van der Waals surface area contributed by atoms with E-state index in [1.807, 2.05) is 24.3 Å². The summed E-state index contributed by atoms with van der Waals surface area (Å²) in [6.45, 7) is 0. The lowest BCUT2D eigenvalue weighted by atomic mass is 10.1. The standard InChI is InChI=1S/C19H12F2N2/c20-19(21)17-6-2-4-15(10-17)8-7-14-3-1-5-16(9-14)18-11-22-13-23-12-18/h1-6,9-13,19H. The van der Waals surface area contributed by atoms with Crippen LogP contribution in [0.4, 0.5) is 8.78 Å². The van der Waals surface area contributed by atoms with Crippen molar-refractivity contribution in [2.75, 3.05) is 0 Å². The van der Waals surface area contributed by atoms with Gasteiger partial charge in [0.1, 0.15) is 6.33 Å². The van der Waals surface area contributed by atoms with E-state index in [1.54, 1.807) is 24.5 Å². The molecule has 0 saturated carbocycles. The Kier molecular flexibility index (Phi) is 4.39. The maximum absolute atomic E-state index is 12.7. The van der Waals surface area contributed by atoms with Crippen molar-refractivity contribution in [3.63, 3.8) is 0 Å². The smallest absolute Gasteiger partial charge is 0.244 e. The highest BCUT2D eigenvalue weighted by Crippen LogP contribution is 2.20. The van der Waals surface area contributed by atoms with E-state index in [9.17, 15) is 8.78 Å². The summed E-state index contributed by atoms with van der Waals surface area (Å²) in [6, 6.07) is 13.7. The summed E-state index contributed by atoms with van der Waals surface area (Å²) in [5.41, 5.74) is 3.20. The fourth-order valence-electron chi connectivity index (χ4n) is 2.12. The summed E-state index contributed by atoms with van der Waals surface area (Å²) in [6.07, 6.45) is 2.44. The van der Waals surface area contributed by atoms with Gasteiger partial charge < -0.3 is 0 Å². The zero-order chi connectivity index (χ0) is 16.1. The van der Waals surface area contributed by atoms with E-state index in [-0.39, 0.29) is 5.56 Å². The summed E-state index contributed by atoms with van der Waals surface area (Å²) in [5, 5.41) is 0. The molecule has 0 unspecified atom stereocenters. The molecule has 2 aromatic carbocycles. The van der Waals surface area contributed by atoms with E-state index in [0.29, 0.717) is 5.56 Å². The van der Waals surface area contributed by atoms with Crippen LogP contribution in [0.1, 0.15) is 23.1 Å². The lowest BCUT2D eigenvalue weighted by Gasteiger charge is -2.01. The molecule has 2 nitrogen and oxygen atoms in total. The quantitative estimate of drug-likeness (QED) is 0.652. The van der Waals surface area contributed by atoms with Gasteiger partial charge in [-0.2, -0.15) is 0 Å². The zero-order valence-corrected chi connectivity index (χ0v) is 12.1. The predicted molar refractivity (Wildman–Crippen MR) is 84.8 cm³/mol. The molecule has 0 bridgehead atoms. The molecule has 112 valence electrons. The Labute approximate surface area is 132 Å². The molecule has 3 aromatic rings. The van der Waals surface area contributed by atoms with Crippen LogP contribution in [0.3, 0.4) is 0 Å². The number of hydrogen-bond acceptors (Lipinski definition) is 2. The predicted octanol–water partition coefficient (Wildman–Crippen LogP) is 4.48. The lowest BCUT2D eigenvalue weighted by Crippen LogP contribution is -1.85. The second-order valence-corrected chi connectivity index (χ2v) is 4.88. The Morgan fingerprint density at radius 1 is 0.783 bits per heavy atom. The molecule has 0 radical (unpaired) electrons. The number of halogens is 2. The molecule has 4 heteroatoms. The summed E-state index contributed by atoms with van der Waals surface area (Å²) in [5.74, 6) is 5.92. The minimum Gasteiger partial charge on any atom is -0.244 e. The molecule has 0 amide bonds. The molecule has 1 aromatic heterocycles. The second-order valence-electron chi connectivity index (χ2n) is 4.88. The molecule has 0 aliphatic rings. The second kappa shape index (κ2) is 6.80. The van der Waals surface area contributed by atoms with Crippen molar-refractivity contribution in [2.24, 2.45) is 0 Å². The topological polar surface area (TPSA) is 25.8 Å². The monoisotopic (exact) mass is 306 g/mol. The van der Waals surface area contributed by atoms with Crippen LogP contribution < -0.4 is 0 Å². The number of hydrogen-bond donors (Lipinski definition) is 0. The van der Waals surface area contributed by atoms with Crippen LogP contribution >= 0.6 is 0 Å². The first-order chi connectivity index (χ1) is 11.2. The van der Waals surface area contributed by atoms with Gasteiger partial charge in [0, 0.05) is 34.6 Å². The first-order valence-corrected chi connectivity index (χ1v) is 6.98.